The van der Waals surface area contributed by atoms with E-state index < -0.39 is 0 Å². The molecule has 2 heteroatoms. The van der Waals surface area contributed by atoms with Crippen LogP contribution in [0.4, 0.5) is 0 Å². The standard InChI is InChI=1S/C15H18N2/c1-2-7-15-13(4-1)5-3-6-14(15)12-17-10-8-16-9-11-17/h1-7,16H,8-12H2/p+2. The average molecular weight is 228 g/mol. The number of nitrogens with one attached hydrogen (secondary N) is 1. The molecule has 0 amide bonds. The average Bonchev–Trinajstić information content (AvgIpc) is 2.40. The van der Waals surface area contributed by atoms with Gasteiger partial charge in [0.1, 0.15) is 32.7 Å². The van der Waals surface area contributed by atoms with Crippen molar-refractivity contribution in [3.8, 4) is 0 Å². The second-order valence-electron chi connectivity index (χ2n) is 4.93. The van der Waals surface area contributed by atoms with Crippen molar-refractivity contribution in [2.24, 2.45) is 0 Å². The molecule has 1 saturated heterocycles. The molecule has 0 radical (unpaired) electrons. The van der Waals surface area contributed by atoms with Crippen LogP contribution in [-0.4, -0.2) is 26.2 Å². The molecule has 1 heterocycles. The summed E-state index contributed by atoms with van der Waals surface area (Å²) in [4.78, 5) is 1.73. The SMILES string of the molecule is c1ccc2c(C[NH+]3CC[NH2+]CC3)cccc2c1. The van der Waals surface area contributed by atoms with E-state index in [4.69, 9.17) is 0 Å². The van der Waals surface area contributed by atoms with Crippen molar-refractivity contribution >= 4 is 10.8 Å². The van der Waals surface area contributed by atoms with Gasteiger partial charge >= 0.3 is 0 Å². The van der Waals surface area contributed by atoms with E-state index >= 15 is 0 Å². The van der Waals surface area contributed by atoms with Gasteiger partial charge in [-0.15, -0.1) is 0 Å². The Balaban J connectivity index is 1.89. The van der Waals surface area contributed by atoms with Crippen LogP contribution in [-0.2, 0) is 6.54 Å². The zero-order chi connectivity index (χ0) is 11.5. The molecule has 3 N–H and O–H groups in total. The summed E-state index contributed by atoms with van der Waals surface area (Å²) in [6.07, 6.45) is 0. The van der Waals surface area contributed by atoms with Crippen molar-refractivity contribution in [2.45, 2.75) is 6.54 Å². The lowest BCUT2D eigenvalue weighted by molar-refractivity contribution is -0.957. The van der Waals surface area contributed by atoms with E-state index in [0.717, 1.165) is 0 Å². The van der Waals surface area contributed by atoms with E-state index in [1.54, 1.807) is 4.90 Å². The number of hydrogen-bond acceptors (Lipinski definition) is 0. The second kappa shape index (κ2) is 4.86. The molecule has 0 bridgehead atoms. The van der Waals surface area contributed by atoms with Gasteiger partial charge in [0.15, 0.2) is 0 Å². The van der Waals surface area contributed by atoms with E-state index in [0.29, 0.717) is 0 Å². The molecule has 1 fully saturated rings. The van der Waals surface area contributed by atoms with Crippen molar-refractivity contribution in [3.63, 3.8) is 0 Å². The molecule has 1 aliphatic heterocycles. The zero-order valence-corrected chi connectivity index (χ0v) is 10.2. The monoisotopic (exact) mass is 228 g/mol. The third-order valence-electron chi connectivity index (χ3n) is 3.72. The summed E-state index contributed by atoms with van der Waals surface area (Å²) in [6, 6.07) is 15.4. The topological polar surface area (TPSA) is 21.1 Å². The minimum atomic E-state index is 1.18. The Hall–Kier alpha value is -1.38. The van der Waals surface area contributed by atoms with Crippen LogP contribution in [0.2, 0.25) is 0 Å². The first kappa shape index (κ1) is 10.8. The summed E-state index contributed by atoms with van der Waals surface area (Å²) >= 11 is 0. The maximum atomic E-state index is 2.42. The predicted octanol–water partition coefficient (Wildman–Crippen LogP) is -0.198. The van der Waals surface area contributed by atoms with Gasteiger partial charge in [-0.2, -0.15) is 0 Å². The lowest BCUT2D eigenvalue weighted by atomic mass is 10.0. The molecule has 3 rings (SSSR count). The number of benzene rings is 2. The molecule has 17 heavy (non-hydrogen) atoms. The first-order chi connectivity index (χ1) is 8.43. The van der Waals surface area contributed by atoms with Crippen molar-refractivity contribution in [2.75, 3.05) is 26.2 Å². The maximum Gasteiger partial charge on any atom is 0.127 e. The van der Waals surface area contributed by atoms with Gasteiger partial charge in [-0.3, -0.25) is 0 Å². The van der Waals surface area contributed by atoms with E-state index in [1.807, 2.05) is 0 Å². The predicted molar refractivity (Wildman–Crippen MR) is 70.0 cm³/mol. The van der Waals surface area contributed by atoms with Gasteiger partial charge in [-0.25, -0.2) is 0 Å². The zero-order valence-electron chi connectivity index (χ0n) is 10.2. The largest absolute Gasteiger partial charge is 0.337 e. The molecule has 0 aromatic heterocycles. The van der Waals surface area contributed by atoms with Crippen LogP contribution in [0, 0.1) is 0 Å². The lowest BCUT2D eigenvalue weighted by Gasteiger charge is -2.22. The van der Waals surface area contributed by atoms with Crippen LogP contribution in [0.1, 0.15) is 5.56 Å². The summed E-state index contributed by atoms with van der Waals surface area (Å²) in [7, 11) is 0. The normalized spacial score (nSPS) is 17.4. The Morgan fingerprint density at radius 1 is 0.941 bits per heavy atom. The van der Waals surface area contributed by atoms with Gasteiger partial charge in [0.25, 0.3) is 0 Å². The first-order valence-electron chi connectivity index (χ1n) is 6.55. The number of piperazine rings is 1. The summed E-state index contributed by atoms with van der Waals surface area (Å²) in [5.74, 6) is 0. The molecular formula is C15H20N2+2. The van der Waals surface area contributed by atoms with E-state index in [-0.39, 0.29) is 0 Å². The molecule has 0 spiro atoms. The Morgan fingerprint density at radius 2 is 1.71 bits per heavy atom. The number of nitrogens with two attached hydrogens (primary N) is 1. The highest BCUT2D eigenvalue weighted by Gasteiger charge is 2.16. The van der Waals surface area contributed by atoms with Crippen LogP contribution in [0.15, 0.2) is 42.5 Å². The van der Waals surface area contributed by atoms with Gasteiger partial charge in [0.2, 0.25) is 0 Å². The van der Waals surface area contributed by atoms with Crippen LogP contribution < -0.4 is 10.2 Å². The number of hydrogen-bond donors (Lipinski definition) is 2. The summed E-state index contributed by atoms with van der Waals surface area (Å²) in [5, 5.41) is 5.22. The highest BCUT2D eigenvalue weighted by atomic mass is 15.2. The summed E-state index contributed by atoms with van der Waals surface area (Å²) < 4.78 is 0. The van der Waals surface area contributed by atoms with Crippen LogP contribution >= 0.6 is 0 Å². The Bertz CT molecular complexity index is 496. The number of quaternary nitrogens is 2. The quantitative estimate of drug-likeness (QED) is 0.710. The van der Waals surface area contributed by atoms with Crippen LogP contribution in [0.25, 0.3) is 10.8 Å². The molecule has 0 saturated carbocycles. The third-order valence-corrected chi connectivity index (χ3v) is 3.72. The minimum Gasteiger partial charge on any atom is -0.337 e. The molecule has 0 aliphatic carbocycles. The smallest absolute Gasteiger partial charge is 0.127 e. The molecule has 0 unspecified atom stereocenters. The molecule has 2 aromatic carbocycles. The van der Waals surface area contributed by atoms with Gasteiger partial charge in [0, 0.05) is 5.56 Å². The Labute approximate surface area is 102 Å². The summed E-state index contributed by atoms with van der Waals surface area (Å²) in [6.45, 7) is 6.32. The molecule has 1 aliphatic rings. The number of fused-ring (bicyclic) bond motifs is 1. The minimum absolute atomic E-state index is 1.18. The Kier molecular flexibility index (Phi) is 3.08. The summed E-state index contributed by atoms with van der Waals surface area (Å²) in [5.41, 5.74) is 1.50. The first-order valence-corrected chi connectivity index (χ1v) is 6.55. The van der Waals surface area contributed by atoms with Gasteiger partial charge in [-0.1, -0.05) is 42.5 Å². The second-order valence-corrected chi connectivity index (χ2v) is 4.93. The van der Waals surface area contributed by atoms with E-state index in [1.165, 1.54) is 49.1 Å². The highest BCUT2D eigenvalue weighted by Crippen LogP contribution is 2.17. The van der Waals surface area contributed by atoms with Gasteiger partial charge in [-0.05, 0) is 10.8 Å². The molecule has 2 aromatic rings. The van der Waals surface area contributed by atoms with E-state index in [2.05, 4.69) is 47.8 Å². The number of rotatable bonds is 2. The van der Waals surface area contributed by atoms with Crippen molar-refractivity contribution in [1.29, 1.82) is 0 Å². The molecule has 0 atom stereocenters. The van der Waals surface area contributed by atoms with Crippen molar-refractivity contribution in [3.05, 3.63) is 48.0 Å². The van der Waals surface area contributed by atoms with Crippen molar-refractivity contribution < 1.29 is 10.2 Å². The molecular weight excluding hydrogens is 208 g/mol. The van der Waals surface area contributed by atoms with Crippen LogP contribution in [0.5, 0.6) is 0 Å². The van der Waals surface area contributed by atoms with Gasteiger partial charge < -0.3 is 10.2 Å². The third kappa shape index (κ3) is 2.33. The maximum absolute atomic E-state index is 2.42. The van der Waals surface area contributed by atoms with E-state index in [9.17, 15) is 0 Å². The fourth-order valence-electron chi connectivity index (χ4n) is 2.77. The molecule has 88 valence electrons. The fraction of sp³-hybridized carbons (Fsp3) is 0.333. The molecule has 2 nitrogen and oxygen atoms in total. The van der Waals surface area contributed by atoms with Gasteiger partial charge in [0.05, 0.1) is 0 Å². The highest BCUT2D eigenvalue weighted by molar-refractivity contribution is 5.85. The lowest BCUT2D eigenvalue weighted by Crippen LogP contribution is -3.19. The Morgan fingerprint density at radius 3 is 2.59 bits per heavy atom. The van der Waals surface area contributed by atoms with Crippen molar-refractivity contribution in [1.82, 2.24) is 0 Å². The fourth-order valence-corrected chi connectivity index (χ4v) is 2.77. The van der Waals surface area contributed by atoms with Crippen LogP contribution in [0.3, 0.4) is 0 Å².